The van der Waals surface area contributed by atoms with Crippen molar-refractivity contribution in [3.63, 3.8) is 0 Å². The number of hydrogen-bond acceptors (Lipinski definition) is 5. The first-order chi connectivity index (χ1) is 8.69. The Balaban J connectivity index is 0.00000180. The maximum Gasteiger partial charge on any atom is 0.356 e. The first-order valence-corrected chi connectivity index (χ1v) is 6.20. The second-order valence-electron chi connectivity index (χ2n) is 4.68. The molecule has 1 aliphatic rings. The molecule has 2 N–H and O–H groups in total. The summed E-state index contributed by atoms with van der Waals surface area (Å²) in [5, 5.41) is 0. The van der Waals surface area contributed by atoms with Crippen LogP contribution in [0.1, 0.15) is 28.9 Å². The van der Waals surface area contributed by atoms with Gasteiger partial charge in [-0.25, -0.2) is 9.78 Å². The van der Waals surface area contributed by atoms with Crippen molar-refractivity contribution in [3.8, 4) is 0 Å². The lowest BCUT2D eigenvalue weighted by molar-refractivity contribution is 0.0593. The number of esters is 1. The number of rotatable bonds is 3. The van der Waals surface area contributed by atoms with Crippen LogP contribution in [0.3, 0.4) is 0 Å². The predicted molar refractivity (Wildman–Crippen MR) is 75.3 cm³/mol. The lowest BCUT2D eigenvalue weighted by Gasteiger charge is -2.30. The Kier molecular flexibility index (Phi) is 6.21. The highest BCUT2D eigenvalue weighted by molar-refractivity contribution is 5.87. The summed E-state index contributed by atoms with van der Waals surface area (Å²) in [5.41, 5.74) is 7.38. The summed E-state index contributed by atoms with van der Waals surface area (Å²) in [6.07, 6.45) is 3.88. The van der Waals surface area contributed by atoms with Crippen molar-refractivity contribution in [2.45, 2.75) is 25.4 Å². The maximum atomic E-state index is 11.4. The summed E-state index contributed by atoms with van der Waals surface area (Å²) in [6, 6.07) is 3.97. The number of nitrogens with zero attached hydrogens (tertiary/aromatic N) is 2. The molecule has 6 heteroatoms. The van der Waals surface area contributed by atoms with Crippen LogP contribution < -0.4 is 5.73 Å². The number of halogens is 1. The van der Waals surface area contributed by atoms with Gasteiger partial charge in [0, 0.05) is 25.3 Å². The molecule has 1 saturated heterocycles. The van der Waals surface area contributed by atoms with Crippen molar-refractivity contribution in [1.82, 2.24) is 9.88 Å². The molecule has 1 aromatic rings. The Morgan fingerprint density at radius 1 is 1.63 bits per heavy atom. The fraction of sp³-hybridized carbons (Fsp3) is 0.538. The van der Waals surface area contributed by atoms with E-state index >= 15 is 0 Å². The summed E-state index contributed by atoms with van der Waals surface area (Å²) in [6.45, 7) is 2.78. The molecule has 1 atom stereocenters. The molecule has 0 unspecified atom stereocenters. The Morgan fingerprint density at radius 2 is 2.42 bits per heavy atom. The summed E-state index contributed by atoms with van der Waals surface area (Å²) in [5.74, 6) is -0.396. The molecule has 0 saturated carbocycles. The zero-order chi connectivity index (χ0) is 13.0. The number of carbonyl (C=O) groups excluding carboxylic acids is 1. The summed E-state index contributed by atoms with van der Waals surface area (Å²) in [4.78, 5) is 17.7. The molecule has 0 amide bonds. The lowest BCUT2D eigenvalue weighted by Crippen LogP contribution is -2.42. The van der Waals surface area contributed by atoms with Gasteiger partial charge >= 0.3 is 5.97 Å². The molecule has 0 spiro atoms. The Hall–Kier alpha value is -1.17. The van der Waals surface area contributed by atoms with Gasteiger partial charge in [-0.3, -0.25) is 4.90 Å². The fourth-order valence-corrected chi connectivity index (χ4v) is 2.28. The van der Waals surface area contributed by atoms with Crippen LogP contribution in [0.2, 0.25) is 0 Å². The van der Waals surface area contributed by atoms with Crippen LogP contribution in [0.15, 0.2) is 18.3 Å². The van der Waals surface area contributed by atoms with Crippen LogP contribution in [0, 0.1) is 0 Å². The Labute approximate surface area is 119 Å². The number of piperidine rings is 1. The maximum absolute atomic E-state index is 11.4. The normalized spacial score (nSPS) is 19.6. The van der Waals surface area contributed by atoms with E-state index in [4.69, 9.17) is 5.73 Å². The standard InChI is InChI=1S/C13H19N3O2.ClH/c1-18-13(17)12-7-10(4-5-15-12)8-16-6-2-3-11(14)9-16;/h4-5,7,11H,2-3,6,8-9,14H2,1H3;1H/t11-;/m1./s1. The summed E-state index contributed by atoms with van der Waals surface area (Å²) in [7, 11) is 1.36. The average molecular weight is 286 g/mol. The number of carbonyl (C=O) groups is 1. The number of hydrogen-bond donors (Lipinski definition) is 1. The van der Waals surface area contributed by atoms with E-state index in [0.29, 0.717) is 5.69 Å². The number of ether oxygens (including phenoxy) is 1. The first-order valence-electron chi connectivity index (χ1n) is 6.20. The van der Waals surface area contributed by atoms with Crippen LogP contribution in [0.25, 0.3) is 0 Å². The van der Waals surface area contributed by atoms with Crippen molar-refractivity contribution in [2.75, 3.05) is 20.2 Å². The van der Waals surface area contributed by atoms with Gasteiger partial charge in [0.05, 0.1) is 7.11 Å². The van der Waals surface area contributed by atoms with Crippen molar-refractivity contribution in [1.29, 1.82) is 0 Å². The monoisotopic (exact) mass is 285 g/mol. The highest BCUT2D eigenvalue weighted by Crippen LogP contribution is 2.13. The molecule has 0 aliphatic carbocycles. The van der Waals surface area contributed by atoms with Crippen molar-refractivity contribution >= 4 is 18.4 Å². The molecule has 19 heavy (non-hydrogen) atoms. The smallest absolute Gasteiger partial charge is 0.356 e. The molecule has 5 nitrogen and oxygen atoms in total. The third-order valence-electron chi connectivity index (χ3n) is 3.17. The number of likely N-dealkylation sites (tertiary alicyclic amines) is 1. The molecule has 0 radical (unpaired) electrons. The molecule has 0 bridgehead atoms. The zero-order valence-corrected chi connectivity index (χ0v) is 11.9. The lowest BCUT2D eigenvalue weighted by atomic mass is 10.1. The van der Waals surface area contributed by atoms with E-state index in [1.54, 1.807) is 12.3 Å². The van der Waals surface area contributed by atoms with Gasteiger partial charge in [-0.1, -0.05) is 0 Å². The molecule has 2 heterocycles. The van der Waals surface area contributed by atoms with E-state index in [1.165, 1.54) is 7.11 Å². The minimum atomic E-state index is -0.396. The number of pyridine rings is 1. The van der Waals surface area contributed by atoms with Crippen LogP contribution >= 0.6 is 12.4 Å². The van der Waals surface area contributed by atoms with Crippen LogP contribution in [0.5, 0.6) is 0 Å². The highest BCUT2D eigenvalue weighted by atomic mass is 35.5. The Morgan fingerprint density at radius 3 is 3.11 bits per heavy atom. The van der Waals surface area contributed by atoms with Gasteiger partial charge < -0.3 is 10.5 Å². The van der Waals surface area contributed by atoms with Crippen molar-refractivity contribution < 1.29 is 9.53 Å². The molecule has 1 fully saturated rings. The molecule has 106 valence electrons. The second-order valence-corrected chi connectivity index (χ2v) is 4.68. The molecule has 1 aliphatic heterocycles. The van der Waals surface area contributed by atoms with Gasteiger partial charge in [0.2, 0.25) is 0 Å². The third-order valence-corrected chi connectivity index (χ3v) is 3.17. The third kappa shape index (κ3) is 4.45. The highest BCUT2D eigenvalue weighted by Gasteiger charge is 2.17. The minimum Gasteiger partial charge on any atom is -0.464 e. The summed E-state index contributed by atoms with van der Waals surface area (Å²) < 4.78 is 4.66. The van der Waals surface area contributed by atoms with Gasteiger partial charge in [-0.15, -0.1) is 12.4 Å². The van der Waals surface area contributed by atoms with Crippen molar-refractivity contribution in [3.05, 3.63) is 29.6 Å². The van der Waals surface area contributed by atoms with Crippen molar-refractivity contribution in [2.24, 2.45) is 5.73 Å². The predicted octanol–water partition coefficient (Wildman–Crippen LogP) is 1.21. The number of aromatic nitrogens is 1. The van der Waals surface area contributed by atoms with Gasteiger partial charge in [0.15, 0.2) is 0 Å². The van der Waals surface area contributed by atoms with Gasteiger partial charge in [0.1, 0.15) is 5.69 Å². The van der Waals surface area contributed by atoms with E-state index in [9.17, 15) is 4.79 Å². The van der Waals surface area contributed by atoms with Crippen LogP contribution in [0.4, 0.5) is 0 Å². The Bertz CT molecular complexity index is 428. The molecular formula is C13H20ClN3O2. The number of nitrogens with two attached hydrogens (primary N) is 1. The molecular weight excluding hydrogens is 266 g/mol. The summed E-state index contributed by atoms with van der Waals surface area (Å²) >= 11 is 0. The minimum absolute atomic E-state index is 0. The molecule has 0 aromatic carbocycles. The topological polar surface area (TPSA) is 68.5 Å². The quantitative estimate of drug-likeness (QED) is 0.846. The largest absolute Gasteiger partial charge is 0.464 e. The first kappa shape index (κ1) is 15.9. The fourth-order valence-electron chi connectivity index (χ4n) is 2.28. The average Bonchev–Trinajstić information content (AvgIpc) is 2.38. The van der Waals surface area contributed by atoms with Gasteiger partial charge in [-0.05, 0) is 37.1 Å². The van der Waals surface area contributed by atoms with E-state index in [1.807, 2.05) is 6.07 Å². The number of methoxy groups -OCH3 is 1. The van der Waals surface area contributed by atoms with Gasteiger partial charge in [0.25, 0.3) is 0 Å². The van der Waals surface area contributed by atoms with E-state index in [-0.39, 0.29) is 18.4 Å². The van der Waals surface area contributed by atoms with Gasteiger partial charge in [-0.2, -0.15) is 0 Å². The van der Waals surface area contributed by atoms with E-state index in [0.717, 1.165) is 38.0 Å². The van der Waals surface area contributed by atoms with Crippen LogP contribution in [-0.4, -0.2) is 42.1 Å². The SMILES string of the molecule is COC(=O)c1cc(CN2CCC[C@@H](N)C2)ccn1.Cl. The molecule has 2 rings (SSSR count). The van der Waals surface area contributed by atoms with Crippen LogP contribution in [-0.2, 0) is 11.3 Å². The van der Waals surface area contributed by atoms with E-state index in [2.05, 4.69) is 14.6 Å². The van der Waals surface area contributed by atoms with E-state index < -0.39 is 5.97 Å². The molecule has 1 aromatic heterocycles. The zero-order valence-electron chi connectivity index (χ0n) is 11.0. The second kappa shape index (κ2) is 7.43.